The van der Waals surface area contributed by atoms with Gasteiger partial charge in [0, 0.05) is 37.8 Å². The van der Waals surface area contributed by atoms with Crippen molar-refractivity contribution >= 4 is 28.9 Å². The summed E-state index contributed by atoms with van der Waals surface area (Å²) < 4.78 is 0. The maximum absolute atomic E-state index is 12.7. The first-order valence-electron chi connectivity index (χ1n) is 9.88. The zero-order valence-corrected chi connectivity index (χ0v) is 17.1. The van der Waals surface area contributed by atoms with E-state index in [9.17, 15) is 4.79 Å². The lowest BCUT2D eigenvalue weighted by Gasteiger charge is -2.38. The van der Waals surface area contributed by atoms with E-state index in [-0.39, 0.29) is 5.92 Å². The van der Waals surface area contributed by atoms with Gasteiger partial charge in [-0.05, 0) is 68.6 Å². The van der Waals surface area contributed by atoms with Gasteiger partial charge in [-0.3, -0.25) is 4.79 Å². The molecule has 1 aliphatic carbocycles. The minimum atomic E-state index is 0.263. The average Bonchev–Trinajstić information content (AvgIpc) is 2.66. The maximum Gasteiger partial charge on any atom is 0.225 e. The summed E-state index contributed by atoms with van der Waals surface area (Å²) in [7, 11) is 0. The van der Waals surface area contributed by atoms with Crippen molar-refractivity contribution in [3.63, 3.8) is 0 Å². The van der Waals surface area contributed by atoms with Crippen LogP contribution in [0.4, 0.5) is 5.69 Å². The number of anilines is 1. The van der Waals surface area contributed by atoms with Crippen molar-refractivity contribution < 1.29 is 4.79 Å². The van der Waals surface area contributed by atoms with Crippen molar-refractivity contribution in [3.8, 4) is 0 Å². The van der Waals surface area contributed by atoms with Crippen LogP contribution in [0, 0.1) is 26.7 Å². The molecule has 1 aliphatic heterocycles. The Morgan fingerprint density at radius 2 is 1.50 bits per heavy atom. The fourth-order valence-corrected chi connectivity index (χ4v) is 4.32. The molecule has 142 valence electrons. The number of carbonyl (C=O) groups is 1. The van der Waals surface area contributed by atoms with Crippen molar-refractivity contribution in [2.75, 3.05) is 31.5 Å². The van der Waals surface area contributed by atoms with Gasteiger partial charge in [-0.15, -0.1) is 0 Å². The Kier molecular flexibility index (Phi) is 6.17. The highest BCUT2D eigenvalue weighted by Gasteiger charge is 2.29. The Hall–Kier alpha value is -1.62. The van der Waals surface area contributed by atoms with Crippen molar-refractivity contribution in [1.29, 1.82) is 0 Å². The molecule has 4 nitrogen and oxygen atoms in total. The van der Waals surface area contributed by atoms with Gasteiger partial charge in [0.15, 0.2) is 5.11 Å². The largest absolute Gasteiger partial charge is 0.345 e. The first-order valence-corrected chi connectivity index (χ1v) is 10.3. The molecule has 0 radical (unpaired) electrons. The zero-order chi connectivity index (χ0) is 18.7. The van der Waals surface area contributed by atoms with E-state index in [0.717, 1.165) is 49.8 Å². The quantitative estimate of drug-likeness (QED) is 0.794. The van der Waals surface area contributed by atoms with Crippen LogP contribution in [0.1, 0.15) is 48.8 Å². The van der Waals surface area contributed by atoms with E-state index < -0.39 is 0 Å². The SMILES string of the molecule is Cc1cc(C)c(NC(=S)N2CCN(C(=O)C3CCCCC3)CC2)cc1C. The van der Waals surface area contributed by atoms with Gasteiger partial charge < -0.3 is 15.1 Å². The van der Waals surface area contributed by atoms with E-state index in [1.165, 1.54) is 36.0 Å². The van der Waals surface area contributed by atoms with Crippen LogP contribution >= 0.6 is 12.2 Å². The Balaban J connectivity index is 1.53. The number of thiocarbonyl (C=S) groups is 1. The molecule has 0 spiro atoms. The summed E-state index contributed by atoms with van der Waals surface area (Å²) in [6, 6.07) is 4.36. The van der Waals surface area contributed by atoms with Crippen LogP contribution in [0.3, 0.4) is 0 Å². The first kappa shape index (κ1) is 19.2. The number of rotatable bonds is 2. The minimum absolute atomic E-state index is 0.263. The van der Waals surface area contributed by atoms with E-state index in [1.807, 2.05) is 0 Å². The van der Waals surface area contributed by atoms with E-state index in [0.29, 0.717) is 5.91 Å². The highest BCUT2D eigenvalue weighted by molar-refractivity contribution is 7.80. The summed E-state index contributed by atoms with van der Waals surface area (Å²) in [5.74, 6) is 0.631. The standard InChI is InChI=1S/C21H31N3OS/c1-15-13-17(3)19(14-16(15)2)22-21(26)24-11-9-23(10-12-24)20(25)18-7-5-4-6-8-18/h13-14,18H,4-12H2,1-3H3,(H,22,26). The number of benzene rings is 1. The second-order valence-electron chi connectivity index (χ2n) is 7.83. The van der Waals surface area contributed by atoms with E-state index >= 15 is 0 Å². The Morgan fingerprint density at radius 1 is 0.923 bits per heavy atom. The van der Waals surface area contributed by atoms with Crippen molar-refractivity contribution in [2.24, 2.45) is 5.92 Å². The Labute approximate surface area is 162 Å². The van der Waals surface area contributed by atoms with Gasteiger partial charge in [-0.2, -0.15) is 0 Å². The highest BCUT2D eigenvalue weighted by Crippen LogP contribution is 2.26. The predicted octanol–water partition coefficient (Wildman–Crippen LogP) is 4.03. The number of amides is 1. The summed E-state index contributed by atoms with van der Waals surface area (Å²) in [6.45, 7) is 9.55. The number of hydrogen-bond acceptors (Lipinski definition) is 2. The third-order valence-electron chi connectivity index (χ3n) is 5.92. The summed E-state index contributed by atoms with van der Waals surface area (Å²) in [6.07, 6.45) is 5.85. The molecule has 1 aromatic carbocycles. The number of nitrogens with one attached hydrogen (secondary N) is 1. The lowest BCUT2D eigenvalue weighted by atomic mass is 9.88. The van der Waals surface area contributed by atoms with Gasteiger partial charge in [-0.25, -0.2) is 0 Å². The van der Waals surface area contributed by atoms with Gasteiger partial charge in [0.2, 0.25) is 5.91 Å². The molecule has 1 saturated carbocycles. The first-order chi connectivity index (χ1) is 12.5. The Bertz CT molecular complexity index is 674. The van der Waals surface area contributed by atoms with Crippen LogP contribution in [0.15, 0.2) is 12.1 Å². The lowest BCUT2D eigenvalue weighted by molar-refractivity contribution is -0.137. The van der Waals surface area contributed by atoms with Crippen LogP contribution in [0.2, 0.25) is 0 Å². The summed E-state index contributed by atoms with van der Waals surface area (Å²) in [4.78, 5) is 16.9. The molecule has 0 atom stereocenters. The molecule has 1 heterocycles. The average molecular weight is 374 g/mol. The normalized spacial score (nSPS) is 18.7. The van der Waals surface area contributed by atoms with Gasteiger partial charge >= 0.3 is 0 Å². The molecule has 0 unspecified atom stereocenters. The molecular weight excluding hydrogens is 342 g/mol. The van der Waals surface area contributed by atoms with E-state index in [2.05, 4.69) is 48.0 Å². The number of carbonyl (C=O) groups excluding carboxylic acids is 1. The molecule has 3 rings (SSSR count). The molecule has 2 fully saturated rings. The molecule has 1 N–H and O–H groups in total. The van der Waals surface area contributed by atoms with Crippen molar-refractivity contribution in [1.82, 2.24) is 9.80 Å². The molecule has 1 saturated heterocycles. The molecule has 0 bridgehead atoms. The molecule has 2 aliphatic rings. The minimum Gasteiger partial charge on any atom is -0.345 e. The smallest absolute Gasteiger partial charge is 0.225 e. The van der Waals surface area contributed by atoms with Crippen LogP contribution in [-0.4, -0.2) is 47.0 Å². The zero-order valence-electron chi connectivity index (χ0n) is 16.3. The third kappa shape index (κ3) is 4.37. The predicted molar refractivity (Wildman–Crippen MR) is 112 cm³/mol. The van der Waals surface area contributed by atoms with E-state index in [4.69, 9.17) is 12.2 Å². The Morgan fingerprint density at radius 3 is 2.15 bits per heavy atom. The van der Waals surface area contributed by atoms with Gasteiger partial charge in [-0.1, -0.05) is 25.3 Å². The second-order valence-corrected chi connectivity index (χ2v) is 8.22. The molecule has 5 heteroatoms. The van der Waals surface area contributed by atoms with Crippen LogP contribution < -0.4 is 5.32 Å². The molecule has 1 amide bonds. The number of aryl methyl sites for hydroxylation is 3. The fraction of sp³-hybridized carbons (Fsp3) is 0.619. The number of hydrogen-bond donors (Lipinski definition) is 1. The van der Waals surface area contributed by atoms with Gasteiger partial charge in [0.25, 0.3) is 0 Å². The van der Waals surface area contributed by atoms with Gasteiger partial charge in [0.05, 0.1) is 0 Å². The summed E-state index contributed by atoms with van der Waals surface area (Å²) in [5.41, 5.74) is 4.86. The summed E-state index contributed by atoms with van der Waals surface area (Å²) in [5, 5.41) is 4.17. The molecule has 0 aromatic heterocycles. The summed E-state index contributed by atoms with van der Waals surface area (Å²) >= 11 is 5.63. The van der Waals surface area contributed by atoms with E-state index in [1.54, 1.807) is 0 Å². The van der Waals surface area contributed by atoms with Gasteiger partial charge in [0.1, 0.15) is 0 Å². The topological polar surface area (TPSA) is 35.6 Å². The molecule has 1 aromatic rings. The highest BCUT2D eigenvalue weighted by atomic mass is 32.1. The maximum atomic E-state index is 12.7. The van der Waals surface area contributed by atoms with Crippen molar-refractivity contribution in [2.45, 2.75) is 52.9 Å². The van der Waals surface area contributed by atoms with Crippen LogP contribution in [0.5, 0.6) is 0 Å². The third-order valence-corrected chi connectivity index (χ3v) is 6.28. The monoisotopic (exact) mass is 373 g/mol. The van der Waals surface area contributed by atoms with Crippen LogP contribution in [-0.2, 0) is 4.79 Å². The van der Waals surface area contributed by atoms with Crippen LogP contribution in [0.25, 0.3) is 0 Å². The molecular formula is C21H31N3OS. The fourth-order valence-electron chi connectivity index (χ4n) is 4.03. The number of piperazine rings is 1. The van der Waals surface area contributed by atoms with Crippen molar-refractivity contribution in [3.05, 3.63) is 28.8 Å². The lowest BCUT2D eigenvalue weighted by Crippen LogP contribution is -2.53. The number of nitrogens with zero attached hydrogens (tertiary/aromatic N) is 2. The second kappa shape index (κ2) is 8.38. The molecule has 26 heavy (non-hydrogen) atoms.